The third-order valence-electron chi connectivity index (χ3n) is 3.73. The van der Waals surface area contributed by atoms with Crippen molar-refractivity contribution in [1.82, 2.24) is 10.2 Å². The fourth-order valence-corrected chi connectivity index (χ4v) is 3.36. The van der Waals surface area contributed by atoms with Crippen LogP contribution in [0.1, 0.15) is 24.6 Å². The van der Waals surface area contributed by atoms with E-state index in [1.165, 1.54) is 5.56 Å². The Labute approximate surface area is 111 Å². The monoisotopic (exact) mass is 266 g/mol. The normalized spacial score (nSPS) is 25.9. The Morgan fingerprint density at radius 2 is 2.28 bits per heavy atom. The van der Waals surface area contributed by atoms with Gasteiger partial charge in [-0.25, -0.2) is 0 Å². The number of carbonyl (C=O) groups excluding carboxylic acids is 1. The number of rotatable bonds is 3. The van der Waals surface area contributed by atoms with Crippen LogP contribution in [-0.2, 0) is 9.53 Å². The van der Waals surface area contributed by atoms with Crippen LogP contribution >= 0.6 is 11.3 Å². The average Bonchev–Trinajstić information content (AvgIpc) is 3.02. The quantitative estimate of drug-likeness (QED) is 0.903. The van der Waals surface area contributed by atoms with E-state index in [0.717, 1.165) is 32.6 Å². The number of nitrogens with one attached hydrogen (secondary N) is 1. The number of amides is 1. The summed E-state index contributed by atoms with van der Waals surface area (Å²) in [6.07, 6.45) is 2.21. The molecule has 0 spiro atoms. The molecule has 0 bridgehead atoms. The maximum atomic E-state index is 12.0. The molecule has 1 unspecified atom stereocenters. The maximum absolute atomic E-state index is 12.0. The predicted molar refractivity (Wildman–Crippen MR) is 70.3 cm³/mol. The lowest BCUT2D eigenvalue weighted by Gasteiger charge is -2.30. The van der Waals surface area contributed by atoms with Crippen molar-refractivity contribution in [2.24, 2.45) is 5.92 Å². The van der Waals surface area contributed by atoms with Gasteiger partial charge in [0.2, 0.25) is 5.91 Å². The van der Waals surface area contributed by atoms with Gasteiger partial charge in [0.25, 0.3) is 0 Å². The van der Waals surface area contributed by atoms with Gasteiger partial charge in [0.15, 0.2) is 0 Å². The van der Waals surface area contributed by atoms with Crippen LogP contribution in [0, 0.1) is 5.92 Å². The molecule has 98 valence electrons. The van der Waals surface area contributed by atoms with Gasteiger partial charge >= 0.3 is 0 Å². The second-order valence-corrected chi connectivity index (χ2v) is 5.72. The van der Waals surface area contributed by atoms with Crippen molar-refractivity contribution in [3.63, 3.8) is 0 Å². The first kappa shape index (κ1) is 12.1. The number of hydrogen-bond acceptors (Lipinski definition) is 4. The molecule has 0 saturated carbocycles. The van der Waals surface area contributed by atoms with Gasteiger partial charge in [-0.1, -0.05) is 0 Å². The van der Waals surface area contributed by atoms with Gasteiger partial charge in [-0.3, -0.25) is 10.1 Å². The summed E-state index contributed by atoms with van der Waals surface area (Å²) >= 11 is 1.68. The topological polar surface area (TPSA) is 41.6 Å². The van der Waals surface area contributed by atoms with Gasteiger partial charge in [0, 0.05) is 19.8 Å². The number of hydrogen-bond donors (Lipinski definition) is 1. The predicted octanol–water partition coefficient (Wildman–Crippen LogP) is 1.61. The van der Waals surface area contributed by atoms with Gasteiger partial charge < -0.3 is 9.64 Å². The summed E-state index contributed by atoms with van der Waals surface area (Å²) in [5, 5.41) is 7.48. The minimum atomic E-state index is 0.0756. The molecule has 2 fully saturated rings. The molecule has 3 rings (SSSR count). The van der Waals surface area contributed by atoms with Crippen molar-refractivity contribution in [2.45, 2.75) is 19.0 Å². The van der Waals surface area contributed by atoms with Gasteiger partial charge in [-0.2, -0.15) is 11.3 Å². The van der Waals surface area contributed by atoms with E-state index < -0.39 is 0 Å². The van der Waals surface area contributed by atoms with Crippen LogP contribution in [0.4, 0.5) is 0 Å². The highest BCUT2D eigenvalue weighted by molar-refractivity contribution is 7.07. The van der Waals surface area contributed by atoms with Gasteiger partial charge in [-0.05, 0) is 41.1 Å². The highest BCUT2D eigenvalue weighted by Crippen LogP contribution is 2.27. The van der Waals surface area contributed by atoms with Crippen LogP contribution in [-0.4, -0.2) is 37.1 Å². The van der Waals surface area contributed by atoms with E-state index in [2.05, 4.69) is 22.1 Å². The van der Waals surface area contributed by atoms with Crippen LogP contribution in [0.3, 0.4) is 0 Å². The first-order valence-electron chi connectivity index (χ1n) is 6.47. The van der Waals surface area contributed by atoms with Gasteiger partial charge in [-0.15, -0.1) is 0 Å². The molecule has 2 aliphatic rings. The molecule has 4 nitrogen and oxygen atoms in total. The molecule has 0 radical (unpaired) electrons. The molecule has 1 atom stereocenters. The molecule has 1 aromatic rings. The largest absolute Gasteiger partial charge is 0.381 e. The molecule has 2 aliphatic heterocycles. The van der Waals surface area contributed by atoms with Crippen LogP contribution in [0.2, 0.25) is 0 Å². The number of thiophene rings is 1. The summed E-state index contributed by atoms with van der Waals surface area (Å²) in [7, 11) is 0. The third-order valence-corrected chi connectivity index (χ3v) is 4.43. The number of carbonyl (C=O) groups is 1. The average molecular weight is 266 g/mol. The van der Waals surface area contributed by atoms with E-state index >= 15 is 0 Å². The zero-order chi connectivity index (χ0) is 12.4. The molecule has 18 heavy (non-hydrogen) atoms. The van der Waals surface area contributed by atoms with Crippen LogP contribution in [0.25, 0.3) is 0 Å². The summed E-state index contributed by atoms with van der Waals surface area (Å²) in [6, 6.07) is 2.10. The highest BCUT2D eigenvalue weighted by Gasteiger charge is 2.33. The molecular formula is C13H18N2O2S. The van der Waals surface area contributed by atoms with Crippen molar-refractivity contribution in [3.05, 3.63) is 22.4 Å². The summed E-state index contributed by atoms with van der Waals surface area (Å²) in [5.74, 6) is 0.807. The summed E-state index contributed by atoms with van der Waals surface area (Å²) in [4.78, 5) is 14.0. The third kappa shape index (κ3) is 2.43. The lowest BCUT2D eigenvalue weighted by Crippen LogP contribution is -2.36. The lowest BCUT2D eigenvalue weighted by atomic mass is 9.99. The van der Waals surface area contributed by atoms with E-state index in [9.17, 15) is 4.79 Å². The van der Waals surface area contributed by atoms with Crippen LogP contribution in [0.15, 0.2) is 16.8 Å². The van der Waals surface area contributed by atoms with E-state index in [4.69, 9.17) is 4.74 Å². The Balaban J connectivity index is 1.69. The summed E-state index contributed by atoms with van der Waals surface area (Å²) < 4.78 is 5.37. The molecule has 1 amide bonds. The summed E-state index contributed by atoms with van der Waals surface area (Å²) in [6.45, 7) is 2.99. The zero-order valence-electron chi connectivity index (χ0n) is 10.3. The SMILES string of the molecule is O=C1CNC(c2ccsc2)N1CC1CCOCC1. The minimum Gasteiger partial charge on any atom is -0.381 e. The van der Waals surface area contributed by atoms with Crippen molar-refractivity contribution in [3.8, 4) is 0 Å². The molecule has 3 heterocycles. The second kappa shape index (κ2) is 5.38. The van der Waals surface area contributed by atoms with Crippen molar-refractivity contribution >= 4 is 17.2 Å². The molecule has 2 saturated heterocycles. The van der Waals surface area contributed by atoms with Crippen LogP contribution < -0.4 is 5.32 Å². The Morgan fingerprint density at radius 1 is 1.44 bits per heavy atom. The first-order valence-corrected chi connectivity index (χ1v) is 7.41. The lowest BCUT2D eigenvalue weighted by molar-refractivity contribution is -0.129. The molecule has 0 aromatic carbocycles. The van der Waals surface area contributed by atoms with Crippen molar-refractivity contribution in [1.29, 1.82) is 0 Å². The van der Waals surface area contributed by atoms with Gasteiger partial charge in [0.05, 0.1) is 6.54 Å². The number of nitrogens with zero attached hydrogens (tertiary/aromatic N) is 1. The highest BCUT2D eigenvalue weighted by atomic mass is 32.1. The van der Waals surface area contributed by atoms with E-state index in [1.807, 2.05) is 4.90 Å². The molecule has 0 aliphatic carbocycles. The van der Waals surface area contributed by atoms with Crippen molar-refractivity contribution < 1.29 is 9.53 Å². The van der Waals surface area contributed by atoms with Crippen LogP contribution in [0.5, 0.6) is 0 Å². The van der Waals surface area contributed by atoms with E-state index in [1.54, 1.807) is 11.3 Å². The molecule has 1 aromatic heterocycles. The number of ether oxygens (including phenoxy) is 1. The Kier molecular flexibility index (Phi) is 3.63. The van der Waals surface area contributed by atoms with Gasteiger partial charge in [0.1, 0.15) is 6.17 Å². The maximum Gasteiger partial charge on any atom is 0.238 e. The zero-order valence-corrected chi connectivity index (χ0v) is 11.1. The van der Waals surface area contributed by atoms with E-state index in [-0.39, 0.29) is 12.1 Å². The smallest absolute Gasteiger partial charge is 0.238 e. The summed E-state index contributed by atoms with van der Waals surface area (Å²) in [5.41, 5.74) is 1.21. The molecule has 5 heteroatoms. The Hall–Kier alpha value is -0.910. The molecular weight excluding hydrogens is 248 g/mol. The fourth-order valence-electron chi connectivity index (χ4n) is 2.68. The second-order valence-electron chi connectivity index (χ2n) is 4.94. The Morgan fingerprint density at radius 3 is 3.00 bits per heavy atom. The van der Waals surface area contributed by atoms with E-state index in [0.29, 0.717) is 12.5 Å². The van der Waals surface area contributed by atoms with Crippen molar-refractivity contribution in [2.75, 3.05) is 26.3 Å². The first-order chi connectivity index (χ1) is 8.84. The minimum absolute atomic E-state index is 0.0756. The Bertz CT molecular complexity index is 401. The fraction of sp³-hybridized carbons (Fsp3) is 0.615. The molecule has 1 N–H and O–H groups in total. The standard InChI is InChI=1S/C13H18N2O2S/c16-12-7-14-13(11-3-6-18-9-11)15(12)8-10-1-4-17-5-2-10/h3,6,9-10,13-14H,1-2,4-5,7-8H2.